The van der Waals surface area contributed by atoms with E-state index in [4.69, 9.17) is 0 Å². The summed E-state index contributed by atoms with van der Waals surface area (Å²) >= 11 is 0. The molecule has 9 nitrogen and oxygen atoms in total. The lowest BCUT2D eigenvalue weighted by Crippen LogP contribution is -2.53. The lowest BCUT2D eigenvalue weighted by Gasteiger charge is -2.27. The van der Waals surface area contributed by atoms with E-state index >= 15 is 0 Å². The highest BCUT2D eigenvalue weighted by Gasteiger charge is 2.42. The number of amides is 1. The third-order valence-corrected chi connectivity index (χ3v) is 3.71. The van der Waals surface area contributed by atoms with Gasteiger partial charge in [0.25, 0.3) is 0 Å². The van der Waals surface area contributed by atoms with Crippen molar-refractivity contribution < 1.29 is 38.5 Å². The number of hydrogen-bond acceptors (Lipinski definition) is 8. The van der Waals surface area contributed by atoms with E-state index in [1.165, 1.54) is 6.92 Å². The highest BCUT2D eigenvalue weighted by molar-refractivity contribution is 5.96. The third kappa shape index (κ3) is 6.69. The predicted molar refractivity (Wildman–Crippen MR) is 86.1 cm³/mol. The Bertz CT molecular complexity index is 475. The average Bonchev–Trinajstić information content (AvgIpc) is 2.57. The molecule has 0 aliphatic rings. The van der Waals surface area contributed by atoms with Crippen LogP contribution in [0.2, 0.25) is 0 Å². The summed E-state index contributed by atoms with van der Waals surface area (Å²) in [6.07, 6.45) is -1.15. The van der Waals surface area contributed by atoms with Crippen LogP contribution in [-0.4, -0.2) is 62.4 Å². The first kappa shape index (κ1) is 22.8. The van der Waals surface area contributed by atoms with Gasteiger partial charge in [-0.25, -0.2) is 4.79 Å². The number of aliphatic hydroxyl groups excluding tert-OH is 1. The average molecular weight is 361 g/mol. The molecule has 0 fully saturated rings. The summed E-state index contributed by atoms with van der Waals surface area (Å²) in [5.74, 6) is -5.91. The zero-order chi connectivity index (χ0) is 19.7. The maximum Gasteiger partial charge on any atom is 0.328 e. The quantitative estimate of drug-likeness (QED) is 0.324. The van der Waals surface area contributed by atoms with Crippen molar-refractivity contribution in [3.63, 3.8) is 0 Å². The molecule has 3 atom stereocenters. The Morgan fingerprint density at radius 2 is 1.32 bits per heavy atom. The highest BCUT2D eigenvalue weighted by atomic mass is 16.5. The van der Waals surface area contributed by atoms with Gasteiger partial charge < -0.3 is 24.6 Å². The Labute approximate surface area is 147 Å². The van der Waals surface area contributed by atoms with Gasteiger partial charge in [0.2, 0.25) is 5.91 Å². The summed E-state index contributed by atoms with van der Waals surface area (Å²) in [5.41, 5.74) is 0. The van der Waals surface area contributed by atoms with Crippen LogP contribution in [-0.2, 0) is 33.4 Å². The first-order valence-electron chi connectivity index (χ1n) is 7.82. The molecule has 0 aromatic heterocycles. The van der Waals surface area contributed by atoms with E-state index in [-0.39, 0.29) is 12.3 Å². The number of rotatable bonds is 9. The molecule has 0 unspecified atom stereocenters. The number of hydrogen-bond donors (Lipinski definition) is 2. The normalized spacial score (nSPS) is 14.4. The molecule has 0 saturated heterocycles. The zero-order valence-corrected chi connectivity index (χ0v) is 15.4. The summed E-state index contributed by atoms with van der Waals surface area (Å²) in [7, 11) is 3.27. The van der Waals surface area contributed by atoms with Crippen LogP contribution in [0.4, 0.5) is 0 Å². The predicted octanol–water partition coefficient (Wildman–Crippen LogP) is -0.350. The van der Waals surface area contributed by atoms with Crippen LogP contribution in [0.5, 0.6) is 0 Å². The number of ether oxygens (including phenoxy) is 3. The largest absolute Gasteiger partial charge is 0.468 e. The Hall–Kier alpha value is -2.16. The molecule has 0 spiro atoms. The minimum atomic E-state index is -1.44. The number of aliphatic hydroxyl groups is 1. The van der Waals surface area contributed by atoms with Gasteiger partial charge in [0.15, 0.2) is 5.92 Å². The maximum atomic E-state index is 12.1. The fraction of sp³-hybridized carbons (Fsp3) is 0.750. The Morgan fingerprint density at radius 3 is 1.68 bits per heavy atom. The molecule has 144 valence electrons. The smallest absolute Gasteiger partial charge is 0.328 e. The Morgan fingerprint density at radius 1 is 0.880 bits per heavy atom. The molecule has 0 aromatic rings. The Kier molecular flexibility index (Phi) is 9.73. The van der Waals surface area contributed by atoms with Crippen LogP contribution in [0, 0.1) is 17.8 Å². The van der Waals surface area contributed by atoms with Crippen LogP contribution >= 0.6 is 0 Å². The van der Waals surface area contributed by atoms with Crippen molar-refractivity contribution in [2.45, 2.75) is 39.3 Å². The standard InChI is InChI=1S/C16H27NO8/c1-8(2)7-10(18)13(19)17-12(16(22)25-6)9(3)11(14(20)23-4)15(21)24-5/h8-12,18H,7H2,1-6H3,(H,17,19)/t9-,10+,12-/m0/s1. The Balaban J connectivity index is 5.48. The van der Waals surface area contributed by atoms with Crippen LogP contribution in [0.15, 0.2) is 0 Å². The van der Waals surface area contributed by atoms with Crippen molar-refractivity contribution in [3.8, 4) is 0 Å². The second kappa shape index (κ2) is 10.7. The number of nitrogens with one attached hydrogen (secondary N) is 1. The third-order valence-electron chi connectivity index (χ3n) is 3.71. The summed E-state index contributed by atoms with van der Waals surface area (Å²) in [4.78, 5) is 47.9. The molecule has 0 rings (SSSR count). The molecule has 1 amide bonds. The van der Waals surface area contributed by atoms with E-state index in [1.54, 1.807) is 0 Å². The van der Waals surface area contributed by atoms with Crippen molar-refractivity contribution >= 4 is 23.8 Å². The monoisotopic (exact) mass is 361 g/mol. The van der Waals surface area contributed by atoms with Gasteiger partial charge >= 0.3 is 17.9 Å². The van der Waals surface area contributed by atoms with E-state index in [9.17, 15) is 24.3 Å². The van der Waals surface area contributed by atoms with Gasteiger partial charge in [-0.15, -0.1) is 0 Å². The highest BCUT2D eigenvalue weighted by Crippen LogP contribution is 2.21. The van der Waals surface area contributed by atoms with Gasteiger partial charge in [-0.2, -0.15) is 0 Å². The summed E-state index contributed by atoms with van der Waals surface area (Å²) in [6.45, 7) is 5.04. The molecule has 0 radical (unpaired) electrons. The van der Waals surface area contributed by atoms with E-state index in [0.717, 1.165) is 21.3 Å². The molecule has 0 aromatic carbocycles. The molecule has 0 saturated carbocycles. The van der Waals surface area contributed by atoms with Crippen LogP contribution < -0.4 is 5.32 Å². The SMILES string of the molecule is COC(=O)C(C(=O)OC)[C@H](C)[C@H](NC(=O)[C@H](O)CC(C)C)C(=O)OC. The molecular formula is C16H27NO8. The number of esters is 3. The van der Waals surface area contributed by atoms with Gasteiger partial charge in [-0.05, 0) is 12.3 Å². The zero-order valence-electron chi connectivity index (χ0n) is 15.4. The molecule has 0 aliphatic heterocycles. The molecule has 9 heteroatoms. The van der Waals surface area contributed by atoms with Gasteiger partial charge in [0, 0.05) is 5.92 Å². The minimum absolute atomic E-state index is 0.0487. The van der Waals surface area contributed by atoms with E-state index < -0.39 is 47.8 Å². The topological polar surface area (TPSA) is 128 Å². The van der Waals surface area contributed by atoms with Crippen molar-refractivity contribution in [1.29, 1.82) is 0 Å². The second-order valence-electron chi connectivity index (χ2n) is 6.04. The minimum Gasteiger partial charge on any atom is -0.468 e. The molecule has 2 N–H and O–H groups in total. The number of methoxy groups -OCH3 is 3. The summed E-state index contributed by atoms with van der Waals surface area (Å²) in [6, 6.07) is -1.34. The van der Waals surface area contributed by atoms with Crippen LogP contribution in [0.1, 0.15) is 27.2 Å². The van der Waals surface area contributed by atoms with Gasteiger partial charge in [0.1, 0.15) is 12.1 Å². The van der Waals surface area contributed by atoms with Crippen molar-refractivity contribution in [2.24, 2.45) is 17.8 Å². The first-order valence-corrected chi connectivity index (χ1v) is 7.82. The molecular weight excluding hydrogens is 334 g/mol. The van der Waals surface area contributed by atoms with E-state index in [0.29, 0.717) is 0 Å². The summed E-state index contributed by atoms with van der Waals surface area (Å²) < 4.78 is 13.8. The number of carbonyl (C=O) groups is 4. The van der Waals surface area contributed by atoms with Crippen molar-refractivity contribution in [2.75, 3.05) is 21.3 Å². The van der Waals surface area contributed by atoms with Crippen LogP contribution in [0.25, 0.3) is 0 Å². The fourth-order valence-corrected chi connectivity index (χ4v) is 2.31. The van der Waals surface area contributed by atoms with E-state index in [1.807, 2.05) is 13.8 Å². The summed E-state index contributed by atoms with van der Waals surface area (Å²) in [5, 5.41) is 12.2. The first-order chi connectivity index (χ1) is 11.6. The van der Waals surface area contributed by atoms with Gasteiger partial charge in [-0.3, -0.25) is 14.4 Å². The van der Waals surface area contributed by atoms with Gasteiger partial charge in [0.05, 0.1) is 21.3 Å². The molecule has 0 bridgehead atoms. The van der Waals surface area contributed by atoms with Crippen molar-refractivity contribution in [1.82, 2.24) is 5.32 Å². The molecule has 25 heavy (non-hydrogen) atoms. The van der Waals surface area contributed by atoms with Crippen LogP contribution in [0.3, 0.4) is 0 Å². The van der Waals surface area contributed by atoms with E-state index in [2.05, 4.69) is 19.5 Å². The molecule has 0 aliphatic carbocycles. The van der Waals surface area contributed by atoms with Gasteiger partial charge in [-0.1, -0.05) is 20.8 Å². The lowest BCUT2D eigenvalue weighted by molar-refractivity contribution is -0.163. The maximum absolute atomic E-state index is 12.1. The molecule has 0 heterocycles. The van der Waals surface area contributed by atoms with Crippen molar-refractivity contribution in [3.05, 3.63) is 0 Å². The fourth-order valence-electron chi connectivity index (χ4n) is 2.31. The second-order valence-corrected chi connectivity index (χ2v) is 6.04. The lowest BCUT2D eigenvalue weighted by atomic mass is 9.87. The number of carbonyl (C=O) groups excluding carboxylic acids is 4.